The number of hydrogen-bond donors (Lipinski definition) is 2. The molecule has 0 unspecified atom stereocenters. The van der Waals surface area contributed by atoms with Crippen molar-refractivity contribution in [3.8, 4) is 11.5 Å². The van der Waals surface area contributed by atoms with Crippen molar-refractivity contribution >= 4 is 39.3 Å². The highest BCUT2D eigenvalue weighted by atomic mass is 79.9. The lowest BCUT2D eigenvalue weighted by Crippen LogP contribution is -2.38. The Morgan fingerprint density at radius 1 is 1.19 bits per heavy atom. The molecule has 2 N–H and O–H groups in total. The molecule has 0 bridgehead atoms. The average molecular weight is 528 g/mol. The molecule has 1 aliphatic rings. The van der Waals surface area contributed by atoms with E-state index in [1.807, 2.05) is 13.8 Å². The maximum atomic E-state index is 11.0. The number of aliphatic carboxylic acids is 1. The molecule has 0 amide bonds. The monoisotopic (exact) mass is 526 g/mol. The average Bonchev–Trinajstić information content (AvgIpc) is 2.72. The molecule has 0 aliphatic carbocycles. The van der Waals surface area contributed by atoms with Crippen LogP contribution in [0.2, 0.25) is 5.28 Å². The first-order valence-electron chi connectivity index (χ1n) is 10.7. The summed E-state index contributed by atoms with van der Waals surface area (Å²) in [4.78, 5) is 21.5. The Bertz CT molecular complexity index is 911. The van der Waals surface area contributed by atoms with E-state index in [2.05, 4.69) is 48.2 Å². The summed E-state index contributed by atoms with van der Waals surface area (Å²) in [6, 6.07) is 6.01. The third-order valence-electron chi connectivity index (χ3n) is 5.10. The molecule has 32 heavy (non-hydrogen) atoms. The second kappa shape index (κ2) is 11.7. The highest BCUT2D eigenvalue weighted by Gasteiger charge is 2.21. The molecule has 0 atom stereocenters. The zero-order valence-electron chi connectivity index (χ0n) is 18.2. The fourth-order valence-electron chi connectivity index (χ4n) is 3.73. The molecular weight excluding hydrogens is 500 g/mol. The van der Waals surface area contributed by atoms with Gasteiger partial charge < -0.3 is 19.9 Å². The van der Waals surface area contributed by atoms with Gasteiger partial charge in [-0.1, -0.05) is 0 Å². The lowest BCUT2D eigenvalue weighted by atomic mass is 10.0. The first-order valence-corrected chi connectivity index (χ1v) is 11.9. The number of rotatable bonds is 10. The minimum Gasteiger partial charge on any atom is -0.493 e. The molecule has 1 fully saturated rings. The van der Waals surface area contributed by atoms with Crippen molar-refractivity contribution in [1.82, 2.24) is 14.9 Å². The van der Waals surface area contributed by atoms with E-state index in [0.29, 0.717) is 24.7 Å². The van der Waals surface area contributed by atoms with Gasteiger partial charge in [0.25, 0.3) is 0 Å². The fourth-order valence-corrected chi connectivity index (χ4v) is 4.38. The van der Waals surface area contributed by atoms with E-state index in [0.717, 1.165) is 54.0 Å². The predicted octanol–water partition coefficient (Wildman–Crippen LogP) is 4.39. The maximum absolute atomic E-state index is 11.0. The van der Waals surface area contributed by atoms with Crippen LogP contribution in [0.25, 0.3) is 0 Å². The fraction of sp³-hybridized carbons (Fsp3) is 0.500. The van der Waals surface area contributed by atoms with Gasteiger partial charge in [-0.2, -0.15) is 0 Å². The number of nitrogens with one attached hydrogen (secondary N) is 1. The number of hydrogen-bond acceptors (Lipinski definition) is 7. The topological polar surface area (TPSA) is 96.8 Å². The second-order valence-corrected chi connectivity index (χ2v) is 8.68. The standard InChI is InChI=1S/C22H28BrClN4O4/c1-3-31-17-9-14(10-18(21(17)23)32-4-2)13-28-7-5-15(6-8-28)25-19-11-16(12-20(29)30)26-22(24)27-19/h9-11,15H,3-8,12-13H2,1-2H3,(H,29,30)(H,25,26,27). The van der Waals surface area contributed by atoms with E-state index in [4.69, 9.17) is 26.2 Å². The Hall–Kier alpha value is -2.10. The minimum atomic E-state index is -0.952. The van der Waals surface area contributed by atoms with E-state index in [-0.39, 0.29) is 17.7 Å². The van der Waals surface area contributed by atoms with E-state index in [1.165, 1.54) is 0 Å². The van der Waals surface area contributed by atoms with Crippen molar-refractivity contribution in [1.29, 1.82) is 0 Å². The highest BCUT2D eigenvalue weighted by molar-refractivity contribution is 9.10. The molecule has 2 heterocycles. The molecule has 3 rings (SSSR count). The van der Waals surface area contributed by atoms with Crippen LogP contribution in [0.4, 0.5) is 5.82 Å². The van der Waals surface area contributed by atoms with Gasteiger partial charge >= 0.3 is 5.97 Å². The van der Waals surface area contributed by atoms with Crippen molar-refractivity contribution in [2.75, 3.05) is 31.6 Å². The molecule has 0 radical (unpaired) electrons. The number of piperidine rings is 1. The number of likely N-dealkylation sites (tertiary alicyclic amines) is 1. The number of carboxylic acid groups (broad SMARTS) is 1. The van der Waals surface area contributed by atoms with Crippen molar-refractivity contribution in [2.24, 2.45) is 0 Å². The Labute approximate surface area is 201 Å². The molecule has 174 valence electrons. The molecular formula is C22H28BrClN4O4. The third kappa shape index (κ3) is 6.95. The summed E-state index contributed by atoms with van der Waals surface area (Å²) in [6.45, 7) is 7.75. The number of carbonyl (C=O) groups is 1. The van der Waals surface area contributed by atoms with Gasteiger partial charge in [-0.15, -0.1) is 0 Å². The molecule has 0 saturated carbocycles. The minimum absolute atomic E-state index is 0.0501. The summed E-state index contributed by atoms with van der Waals surface area (Å²) >= 11 is 9.54. The van der Waals surface area contributed by atoms with Gasteiger partial charge in [-0.05, 0) is 71.9 Å². The quantitative estimate of drug-likeness (QED) is 0.439. The Morgan fingerprint density at radius 2 is 1.81 bits per heavy atom. The molecule has 2 aromatic rings. The van der Waals surface area contributed by atoms with Crippen LogP contribution < -0.4 is 14.8 Å². The van der Waals surface area contributed by atoms with E-state index in [9.17, 15) is 4.79 Å². The predicted molar refractivity (Wildman–Crippen MR) is 127 cm³/mol. The van der Waals surface area contributed by atoms with Gasteiger partial charge in [-0.25, -0.2) is 9.97 Å². The van der Waals surface area contributed by atoms with Crippen molar-refractivity contribution in [3.05, 3.63) is 39.2 Å². The molecule has 0 spiro atoms. The van der Waals surface area contributed by atoms with Gasteiger partial charge in [-0.3, -0.25) is 9.69 Å². The summed E-state index contributed by atoms with van der Waals surface area (Å²) in [5.74, 6) is 1.20. The van der Waals surface area contributed by atoms with Crippen LogP contribution in [0.5, 0.6) is 11.5 Å². The van der Waals surface area contributed by atoms with Crippen molar-refractivity contribution in [2.45, 2.75) is 45.7 Å². The normalized spacial score (nSPS) is 14.9. The summed E-state index contributed by atoms with van der Waals surface area (Å²) in [7, 11) is 0. The van der Waals surface area contributed by atoms with Crippen LogP contribution in [0.15, 0.2) is 22.7 Å². The van der Waals surface area contributed by atoms with Crippen LogP contribution in [0.3, 0.4) is 0 Å². The molecule has 1 aromatic carbocycles. The Balaban J connectivity index is 1.59. The van der Waals surface area contributed by atoms with Crippen LogP contribution in [0.1, 0.15) is 37.9 Å². The molecule has 1 aromatic heterocycles. The zero-order valence-corrected chi connectivity index (χ0v) is 20.6. The van der Waals surface area contributed by atoms with Gasteiger partial charge in [0.15, 0.2) is 0 Å². The Kier molecular flexibility index (Phi) is 8.95. The second-order valence-electron chi connectivity index (χ2n) is 7.55. The molecule has 10 heteroatoms. The SMILES string of the molecule is CCOc1cc(CN2CCC(Nc3cc(CC(=O)O)nc(Cl)n3)CC2)cc(OCC)c1Br. The first-order chi connectivity index (χ1) is 15.4. The summed E-state index contributed by atoms with van der Waals surface area (Å²) < 4.78 is 12.4. The maximum Gasteiger partial charge on any atom is 0.309 e. The number of halogens is 2. The molecule has 8 nitrogen and oxygen atoms in total. The van der Waals surface area contributed by atoms with E-state index in [1.54, 1.807) is 6.07 Å². The van der Waals surface area contributed by atoms with Crippen molar-refractivity contribution < 1.29 is 19.4 Å². The zero-order chi connectivity index (χ0) is 23.1. The van der Waals surface area contributed by atoms with Crippen molar-refractivity contribution in [3.63, 3.8) is 0 Å². The van der Waals surface area contributed by atoms with E-state index >= 15 is 0 Å². The van der Waals surface area contributed by atoms with Gasteiger partial charge in [0.2, 0.25) is 5.28 Å². The van der Waals surface area contributed by atoms with Crippen LogP contribution in [-0.2, 0) is 17.8 Å². The van der Waals surface area contributed by atoms with Gasteiger partial charge in [0.1, 0.15) is 21.8 Å². The number of aromatic nitrogens is 2. The summed E-state index contributed by atoms with van der Waals surface area (Å²) in [6.07, 6.45) is 1.68. The molecule has 1 aliphatic heterocycles. The lowest BCUT2D eigenvalue weighted by molar-refractivity contribution is -0.136. The smallest absolute Gasteiger partial charge is 0.309 e. The number of nitrogens with zero attached hydrogens (tertiary/aromatic N) is 3. The van der Waals surface area contributed by atoms with Gasteiger partial charge in [0, 0.05) is 31.7 Å². The Morgan fingerprint density at radius 3 is 2.38 bits per heavy atom. The van der Waals surface area contributed by atoms with Crippen LogP contribution in [-0.4, -0.2) is 58.3 Å². The number of ether oxygens (including phenoxy) is 2. The first kappa shape index (κ1) is 24.5. The van der Waals surface area contributed by atoms with Gasteiger partial charge in [0.05, 0.1) is 25.3 Å². The van der Waals surface area contributed by atoms with Crippen LogP contribution >= 0.6 is 27.5 Å². The largest absolute Gasteiger partial charge is 0.493 e. The summed E-state index contributed by atoms with van der Waals surface area (Å²) in [5, 5.41) is 12.4. The van der Waals surface area contributed by atoms with E-state index < -0.39 is 5.97 Å². The lowest BCUT2D eigenvalue weighted by Gasteiger charge is -2.32. The summed E-state index contributed by atoms with van der Waals surface area (Å²) in [5.41, 5.74) is 1.54. The molecule has 1 saturated heterocycles. The number of anilines is 1. The number of benzene rings is 1. The van der Waals surface area contributed by atoms with Crippen LogP contribution in [0, 0.1) is 0 Å². The number of carboxylic acids is 1. The highest BCUT2D eigenvalue weighted by Crippen LogP contribution is 2.36. The third-order valence-corrected chi connectivity index (χ3v) is 6.05.